The first-order valence-electron chi connectivity index (χ1n) is 9.77. The second-order valence-corrected chi connectivity index (χ2v) is 9.32. The third kappa shape index (κ3) is 4.28. The maximum absolute atomic E-state index is 12.9. The zero-order valence-electron chi connectivity index (χ0n) is 17.3. The van der Waals surface area contributed by atoms with Crippen LogP contribution < -0.4 is 0 Å². The molecule has 1 aromatic heterocycles. The summed E-state index contributed by atoms with van der Waals surface area (Å²) >= 11 is 4.32. The smallest absolute Gasteiger partial charge is 0.335 e. The van der Waals surface area contributed by atoms with Crippen molar-refractivity contribution in [1.82, 2.24) is 9.47 Å². The summed E-state index contributed by atoms with van der Waals surface area (Å²) in [6, 6.07) is 16.1. The van der Waals surface area contributed by atoms with Crippen molar-refractivity contribution in [2.24, 2.45) is 0 Å². The second kappa shape index (κ2) is 8.80. The van der Waals surface area contributed by atoms with Crippen molar-refractivity contribution in [3.05, 3.63) is 92.1 Å². The van der Waals surface area contributed by atoms with Crippen molar-refractivity contribution in [2.75, 3.05) is 0 Å². The average molecular weight is 511 g/mol. The molecule has 0 unspecified atom stereocenters. The molecule has 32 heavy (non-hydrogen) atoms. The van der Waals surface area contributed by atoms with E-state index in [9.17, 15) is 14.4 Å². The Morgan fingerprint density at radius 2 is 1.72 bits per heavy atom. The summed E-state index contributed by atoms with van der Waals surface area (Å²) < 4.78 is 2.92. The third-order valence-electron chi connectivity index (χ3n) is 5.26. The van der Waals surface area contributed by atoms with Gasteiger partial charge in [0.1, 0.15) is 0 Å². The molecule has 0 spiro atoms. The number of nitrogens with zero attached hydrogens (tertiary/aromatic N) is 2. The van der Waals surface area contributed by atoms with Crippen molar-refractivity contribution >= 4 is 50.9 Å². The number of imide groups is 1. The molecule has 162 valence electrons. The third-order valence-corrected chi connectivity index (χ3v) is 6.69. The van der Waals surface area contributed by atoms with Gasteiger partial charge in [0.25, 0.3) is 11.1 Å². The van der Waals surface area contributed by atoms with Crippen LogP contribution in [0.25, 0.3) is 11.8 Å². The number of carbonyl (C=O) groups excluding carboxylic acids is 2. The Morgan fingerprint density at radius 3 is 2.34 bits per heavy atom. The van der Waals surface area contributed by atoms with E-state index < -0.39 is 5.97 Å². The number of aromatic nitrogens is 1. The van der Waals surface area contributed by atoms with Gasteiger partial charge < -0.3 is 9.67 Å². The van der Waals surface area contributed by atoms with E-state index in [0.717, 1.165) is 44.4 Å². The Balaban J connectivity index is 1.61. The van der Waals surface area contributed by atoms with E-state index in [1.165, 1.54) is 4.90 Å². The molecule has 1 fully saturated rings. The number of halogens is 1. The number of amides is 2. The fourth-order valence-electron chi connectivity index (χ4n) is 3.63. The molecule has 0 radical (unpaired) electrons. The highest BCUT2D eigenvalue weighted by atomic mass is 79.9. The van der Waals surface area contributed by atoms with Crippen molar-refractivity contribution < 1.29 is 19.5 Å². The van der Waals surface area contributed by atoms with Gasteiger partial charge in [-0.2, -0.15) is 0 Å². The molecule has 8 heteroatoms. The minimum Gasteiger partial charge on any atom is -0.478 e. The first-order chi connectivity index (χ1) is 15.2. The number of carboxylic acid groups (broad SMARTS) is 1. The van der Waals surface area contributed by atoms with Crippen LogP contribution in [0.15, 0.2) is 64.0 Å². The van der Waals surface area contributed by atoms with E-state index in [1.54, 1.807) is 30.3 Å². The number of aromatic carboxylic acids is 1. The van der Waals surface area contributed by atoms with Crippen LogP contribution >= 0.6 is 27.7 Å². The summed E-state index contributed by atoms with van der Waals surface area (Å²) in [5.41, 5.74) is 4.58. The molecule has 4 rings (SSSR count). The summed E-state index contributed by atoms with van der Waals surface area (Å²) in [6.07, 6.45) is 1.75. The number of rotatable bonds is 5. The molecule has 1 aliphatic heterocycles. The lowest BCUT2D eigenvalue weighted by molar-refractivity contribution is -0.123. The van der Waals surface area contributed by atoms with Crippen LogP contribution in [0.5, 0.6) is 0 Å². The van der Waals surface area contributed by atoms with Gasteiger partial charge in [0.05, 0.1) is 17.0 Å². The van der Waals surface area contributed by atoms with E-state index in [0.29, 0.717) is 4.91 Å². The van der Waals surface area contributed by atoms with Gasteiger partial charge in [0.2, 0.25) is 0 Å². The van der Waals surface area contributed by atoms with Gasteiger partial charge in [-0.05, 0) is 85.3 Å². The van der Waals surface area contributed by atoms with Crippen molar-refractivity contribution in [3.8, 4) is 5.69 Å². The van der Waals surface area contributed by atoms with Gasteiger partial charge in [0.15, 0.2) is 0 Å². The maximum atomic E-state index is 12.9. The van der Waals surface area contributed by atoms with Crippen LogP contribution in [0.3, 0.4) is 0 Å². The van der Waals surface area contributed by atoms with Gasteiger partial charge in [-0.1, -0.05) is 28.1 Å². The number of benzene rings is 2. The first-order valence-corrected chi connectivity index (χ1v) is 11.4. The monoisotopic (exact) mass is 510 g/mol. The Hall–Kier alpha value is -3.10. The van der Waals surface area contributed by atoms with Crippen LogP contribution in [-0.4, -0.2) is 31.7 Å². The normalized spacial score (nSPS) is 15.1. The lowest BCUT2D eigenvalue weighted by atomic mass is 10.2. The van der Waals surface area contributed by atoms with E-state index in [-0.39, 0.29) is 23.3 Å². The molecule has 0 aliphatic carbocycles. The standard InChI is InChI=1S/C24H19BrN2O4S/c1-14-11-18(15(2)27(14)20-9-5-17(6-10-20)23(29)30)12-21-22(28)26(24(31)32-21)13-16-3-7-19(25)8-4-16/h3-12H,13H2,1-2H3,(H,29,30)/b21-12+. The lowest BCUT2D eigenvalue weighted by Crippen LogP contribution is -2.27. The molecule has 1 N–H and O–H groups in total. The number of carbonyl (C=O) groups is 3. The van der Waals surface area contributed by atoms with E-state index in [4.69, 9.17) is 5.11 Å². The molecule has 6 nitrogen and oxygen atoms in total. The van der Waals surface area contributed by atoms with Gasteiger partial charge in [-0.25, -0.2) is 4.79 Å². The molecule has 0 saturated carbocycles. The van der Waals surface area contributed by atoms with Crippen LogP contribution in [0.2, 0.25) is 0 Å². The zero-order chi connectivity index (χ0) is 23.0. The Bertz CT molecular complexity index is 1260. The second-order valence-electron chi connectivity index (χ2n) is 7.41. The Morgan fingerprint density at radius 1 is 1.06 bits per heavy atom. The van der Waals surface area contributed by atoms with Crippen molar-refractivity contribution in [2.45, 2.75) is 20.4 Å². The highest BCUT2D eigenvalue weighted by molar-refractivity contribution is 9.10. The quantitative estimate of drug-likeness (QED) is 0.439. The van der Waals surface area contributed by atoms with E-state index in [1.807, 2.05) is 48.7 Å². The van der Waals surface area contributed by atoms with Crippen LogP contribution in [-0.2, 0) is 11.3 Å². The highest BCUT2D eigenvalue weighted by Gasteiger charge is 2.35. The minimum atomic E-state index is -0.975. The summed E-state index contributed by atoms with van der Waals surface area (Å²) in [7, 11) is 0. The molecule has 0 bridgehead atoms. The molecule has 2 heterocycles. The number of carboxylic acids is 1. The topological polar surface area (TPSA) is 79.6 Å². The van der Waals surface area contributed by atoms with E-state index >= 15 is 0 Å². The molecule has 3 aromatic rings. The van der Waals surface area contributed by atoms with Gasteiger partial charge in [-0.15, -0.1) is 0 Å². The Kier molecular flexibility index (Phi) is 6.08. The predicted octanol–water partition coefficient (Wildman–Crippen LogP) is 5.79. The SMILES string of the molecule is Cc1cc(/C=C2/SC(=O)N(Cc3ccc(Br)cc3)C2=O)c(C)n1-c1ccc(C(=O)O)cc1. The van der Waals surface area contributed by atoms with Gasteiger partial charge >= 0.3 is 5.97 Å². The van der Waals surface area contributed by atoms with Gasteiger partial charge in [-0.3, -0.25) is 14.5 Å². The lowest BCUT2D eigenvalue weighted by Gasteiger charge is -2.12. The number of thioether (sulfide) groups is 1. The zero-order valence-corrected chi connectivity index (χ0v) is 19.7. The first kappa shape index (κ1) is 22.1. The van der Waals surface area contributed by atoms with Crippen LogP contribution in [0, 0.1) is 13.8 Å². The number of hydrogen-bond acceptors (Lipinski definition) is 4. The predicted molar refractivity (Wildman–Crippen MR) is 128 cm³/mol. The van der Waals surface area contributed by atoms with Crippen LogP contribution in [0.4, 0.5) is 4.79 Å². The molecular weight excluding hydrogens is 492 g/mol. The molecule has 1 saturated heterocycles. The summed E-state index contributed by atoms with van der Waals surface area (Å²) in [5, 5.41) is 8.82. The Labute approximate surface area is 197 Å². The summed E-state index contributed by atoms with van der Waals surface area (Å²) in [4.78, 5) is 38.1. The van der Waals surface area contributed by atoms with Crippen molar-refractivity contribution in [3.63, 3.8) is 0 Å². The largest absolute Gasteiger partial charge is 0.478 e. The molecule has 2 aromatic carbocycles. The van der Waals surface area contributed by atoms with E-state index in [2.05, 4.69) is 15.9 Å². The summed E-state index contributed by atoms with van der Waals surface area (Å²) in [5.74, 6) is -1.28. The molecular formula is C24H19BrN2O4S. The minimum absolute atomic E-state index is 0.218. The van der Waals surface area contributed by atoms with Crippen molar-refractivity contribution in [1.29, 1.82) is 0 Å². The molecule has 2 amide bonds. The van der Waals surface area contributed by atoms with Crippen LogP contribution in [0.1, 0.15) is 32.9 Å². The number of aryl methyl sites for hydroxylation is 1. The average Bonchev–Trinajstić information content (AvgIpc) is 3.19. The molecule has 1 aliphatic rings. The number of hydrogen-bond donors (Lipinski definition) is 1. The fraction of sp³-hybridized carbons (Fsp3) is 0.125. The molecule has 0 atom stereocenters. The highest BCUT2D eigenvalue weighted by Crippen LogP contribution is 2.34. The summed E-state index contributed by atoms with van der Waals surface area (Å²) in [6.45, 7) is 4.09. The maximum Gasteiger partial charge on any atom is 0.335 e. The fourth-order valence-corrected chi connectivity index (χ4v) is 4.73. The van der Waals surface area contributed by atoms with Gasteiger partial charge in [0, 0.05) is 21.5 Å².